The van der Waals surface area contributed by atoms with Gasteiger partial charge in [0, 0.05) is 31.8 Å². The van der Waals surface area contributed by atoms with Crippen molar-refractivity contribution in [1.82, 2.24) is 14.8 Å². The van der Waals surface area contributed by atoms with Crippen LogP contribution in [0.5, 0.6) is 0 Å². The Balaban J connectivity index is 1.11. The molecule has 5 aliphatic rings. The van der Waals surface area contributed by atoms with Crippen molar-refractivity contribution in [2.75, 3.05) is 19.6 Å². The highest BCUT2D eigenvalue weighted by molar-refractivity contribution is 6.07. The lowest BCUT2D eigenvalue weighted by Crippen LogP contribution is -2.55. The van der Waals surface area contributed by atoms with Crippen LogP contribution < -0.4 is 0 Å². The summed E-state index contributed by atoms with van der Waals surface area (Å²) in [5.41, 5.74) is 1.44. The second-order valence-corrected chi connectivity index (χ2v) is 11.9. The fourth-order valence-electron chi connectivity index (χ4n) is 7.24. The van der Waals surface area contributed by atoms with Gasteiger partial charge in [-0.15, -0.1) is 0 Å². The third-order valence-corrected chi connectivity index (χ3v) is 9.46. The molecule has 0 radical (unpaired) electrons. The molecule has 39 heavy (non-hydrogen) atoms. The van der Waals surface area contributed by atoms with Crippen molar-refractivity contribution in [3.05, 3.63) is 47.8 Å². The minimum Gasteiger partial charge on any atom is -0.341 e. The van der Waals surface area contributed by atoms with E-state index in [1.54, 1.807) is 22.0 Å². The molecule has 0 N–H and O–H groups in total. The number of imide groups is 1. The number of likely N-dealkylation sites (tertiary alicyclic amines) is 2. The lowest BCUT2D eigenvalue weighted by Gasteiger charge is -2.43. The molecule has 3 heterocycles. The maximum atomic E-state index is 13.6. The van der Waals surface area contributed by atoms with Gasteiger partial charge in [0.2, 0.25) is 23.6 Å². The minimum absolute atomic E-state index is 0.00494. The highest BCUT2D eigenvalue weighted by Gasteiger charge is 2.46. The largest absolute Gasteiger partial charge is 0.341 e. The summed E-state index contributed by atoms with van der Waals surface area (Å²) < 4.78 is 13.6. The zero-order chi connectivity index (χ0) is 27.1. The van der Waals surface area contributed by atoms with E-state index in [4.69, 9.17) is 5.10 Å². The number of hydrazone groups is 1. The Morgan fingerprint density at radius 3 is 2.18 bits per heavy atom. The molecule has 2 aliphatic carbocycles. The van der Waals surface area contributed by atoms with Gasteiger partial charge in [0.25, 0.3) is 0 Å². The fourth-order valence-corrected chi connectivity index (χ4v) is 7.24. The number of carbonyl (C=O) groups is 4. The number of amides is 4. The molecule has 0 aromatic heterocycles. The predicted octanol–water partition coefficient (Wildman–Crippen LogP) is 3.65. The molecule has 1 aromatic rings. The summed E-state index contributed by atoms with van der Waals surface area (Å²) >= 11 is 0. The van der Waals surface area contributed by atoms with Gasteiger partial charge >= 0.3 is 0 Å². The molecule has 1 aromatic carbocycles. The first-order valence-electron chi connectivity index (χ1n) is 14.3. The molecule has 2 atom stereocenters. The van der Waals surface area contributed by atoms with Gasteiger partial charge in [-0.3, -0.25) is 24.1 Å². The van der Waals surface area contributed by atoms with Crippen molar-refractivity contribution < 1.29 is 23.6 Å². The summed E-state index contributed by atoms with van der Waals surface area (Å²) in [6, 6.07) is 6.13. The summed E-state index contributed by atoms with van der Waals surface area (Å²) in [6.07, 6.45) is 11.3. The number of nitrogens with zero attached hydrogens (tertiary/aromatic N) is 4. The second kappa shape index (κ2) is 10.3. The number of fused-ring (bicyclic) bond motifs is 1. The molecule has 3 aliphatic heterocycles. The monoisotopic (exact) mass is 534 g/mol. The maximum absolute atomic E-state index is 13.6. The molecule has 6 rings (SSSR count). The molecule has 9 heteroatoms. The molecule has 8 nitrogen and oxygen atoms in total. The fraction of sp³-hybridized carbons (Fsp3) is 0.567. The van der Waals surface area contributed by atoms with Crippen LogP contribution in [-0.4, -0.2) is 69.8 Å². The molecule has 4 amide bonds. The van der Waals surface area contributed by atoms with E-state index in [0.717, 1.165) is 48.3 Å². The summed E-state index contributed by atoms with van der Waals surface area (Å²) in [6.45, 7) is 0.662. The molecule has 3 fully saturated rings. The van der Waals surface area contributed by atoms with E-state index in [1.165, 1.54) is 12.1 Å². The van der Waals surface area contributed by atoms with E-state index in [1.807, 2.05) is 6.08 Å². The van der Waals surface area contributed by atoms with E-state index in [-0.39, 0.29) is 59.3 Å². The molecular weight excluding hydrogens is 499 g/mol. The van der Waals surface area contributed by atoms with Crippen molar-refractivity contribution >= 4 is 29.3 Å². The normalized spacial score (nSPS) is 27.3. The highest BCUT2D eigenvalue weighted by Crippen LogP contribution is 2.47. The number of benzene rings is 1. The smallest absolute Gasteiger partial charge is 0.247 e. The Morgan fingerprint density at radius 1 is 0.923 bits per heavy atom. The zero-order valence-electron chi connectivity index (χ0n) is 22.2. The Labute approximate surface area is 227 Å². The molecule has 1 saturated carbocycles. The average molecular weight is 535 g/mol. The van der Waals surface area contributed by atoms with E-state index < -0.39 is 0 Å². The molecule has 1 spiro atoms. The first-order chi connectivity index (χ1) is 18.8. The number of piperidine rings is 2. The van der Waals surface area contributed by atoms with Crippen LogP contribution in [0.2, 0.25) is 0 Å². The van der Waals surface area contributed by atoms with Crippen molar-refractivity contribution in [1.29, 1.82) is 0 Å². The first-order valence-corrected chi connectivity index (χ1v) is 14.3. The molecular formula is C30H35FN4O4. The van der Waals surface area contributed by atoms with E-state index in [9.17, 15) is 23.6 Å². The summed E-state index contributed by atoms with van der Waals surface area (Å²) in [5.74, 6) is -1.23. The number of halogens is 1. The van der Waals surface area contributed by atoms with Gasteiger partial charge in [-0.1, -0.05) is 37.1 Å². The van der Waals surface area contributed by atoms with Gasteiger partial charge in [-0.2, -0.15) is 5.10 Å². The van der Waals surface area contributed by atoms with Crippen LogP contribution in [0.15, 0.2) is 41.5 Å². The van der Waals surface area contributed by atoms with Crippen molar-refractivity contribution in [2.24, 2.45) is 22.4 Å². The zero-order valence-corrected chi connectivity index (χ0v) is 22.2. The molecule has 0 unspecified atom stereocenters. The van der Waals surface area contributed by atoms with Gasteiger partial charge in [0.1, 0.15) is 12.4 Å². The number of hydrogen-bond acceptors (Lipinski definition) is 5. The Kier molecular flexibility index (Phi) is 6.85. The number of carbonyl (C=O) groups excluding carboxylic acids is 4. The standard InChI is InChI=1S/C30H35FN4O4/c31-21-9-7-20(8-10-21)28-23-5-1-2-6-24(23)29(39)35(32-28)22-11-15-33(16-12-22)27(38)19-34-25(36)17-30(18-26(34)37)13-3-4-14-30/h1-2,7-10,22-24H,3-6,11-19H2/t23-,24+/m0/s1. The average Bonchev–Trinajstić information content (AvgIpc) is 3.39. The molecule has 206 valence electrons. The van der Waals surface area contributed by atoms with Crippen molar-refractivity contribution in [3.63, 3.8) is 0 Å². The minimum atomic E-state index is -0.314. The summed E-state index contributed by atoms with van der Waals surface area (Å²) in [5, 5.41) is 6.44. The predicted molar refractivity (Wildman–Crippen MR) is 142 cm³/mol. The number of hydrogen-bond donors (Lipinski definition) is 0. The van der Waals surface area contributed by atoms with Crippen LogP contribution in [0.3, 0.4) is 0 Å². The van der Waals surface area contributed by atoms with Crippen LogP contribution in [0.1, 0.15) is 69.8 Å². The third kappa shape index (κ3) is 4.92. The maximum Gasteiger partial charge on any atom is 0.247 e. The Morgan fingerprint density at radius 2 is 1.54 bits per heavy atom. The van der Waals surface area contributed by atoms with Gasteiger partial charge in [0.15, 0.2) is 0 Å². The van der Waals surface area contributed by atoms with Crippen molar-refractivity contribution in [2.45, 2.75) is 70.3 Å². The Bertz CT molecular complexity index is 1210. The second-order valence-electron chi connectivity index (χ2n) is 11.9. The molecule has 0 bridgehead atoms. The van der Waals surface area contributed by atoms with Crippen molar-refractivity contribution in [3.8, 4) is 0 Å². The quantitative estimate of drug-likeness (QED) is 0.436. The SMILES string of the molecule is O=C(CN1C(=O)CC2(CCCC2)CC1=O)N1CCC(N2N=C(c3ccc(F)cc3)[C@H]3CC=CC[C@H]3C2=O)CC1. The first kappa shape index (κ1) is 25.9. The highest BCUT2D eigenvalue weighted by atomic mass is 19.1. The van der Waals surface area contributed by atoms with Gasteiger partial charge in [0.05, 0.1) is 17.7 Å². The third-order valence-electron chi connectivity index (χ3n) is 9.46. The van der Waals surface area contributed by atoms with Gasteiger partial charge in [-0.05, 0) is 61.6 Å². The number of allylic oxidation sites excluding steroid dienone is 2. The van der Waals surface area contributed by atoms with Crippen LogP contribution in [-0.2, 0) is 19.2 Å². The lowest BCUT2D eigenvalue weighted by atomic mass is 9.76. The Hall–Kier alpha value is -3.36. The van der Waals surface area contributed by atoms with Crippen LogP contribution in [0.25, 0.3) is 0 Å². The van der Waals surface area contributed by atoms with E-state index in [2.05, 4.69) is 6.08 Å². The molecule has 2 saturated heterocycles. The van der Waals surface area contributed by atoms with E-state index >= 15 is 0 Å². The summed E-state index contributed by atoms with van der Waals surface area (Å²) in [7, 11) is 0. The lowest BCUT2D eigenvalue weighted by molar-refractivity contribution is -0.158. The van der Waals surface area contributed by atoms with Crippen LogP contribution in [0, 0.1) is 23.1 Å². The number of rotatable bonds is 4. The summed E-state index contributed by atoms with van der Waals surface area (Å²) in [4.78, 5) is 55.1. The van der Waals surface area contributed by atoms with Gasteiger partial charge in [-0.25, -0.2) is 9.40 Å². The topological polar surface area (TPSA) is 90.4 Å². The van der Waals surface area contributed by atoms with E-state index in [0.29, 0.717) is 45.2 Å². The van der Waals surface area contributed by atoms with Gasteiger partial charge < -0.3 is 4.90 Å². The van der Waals surface area contributed by atoms with Crippen LogP contribution >= 0.6 is 0 Å². The van der Waals surface area contributed by atoms with Crippen LogP contribution in [0.4, 0.5) is 4.39 Å².